The van der Waals surface area contributed by atoms with Crippen LogP contribution in [0, 0.1) is 0 Å². The van der Waals surface area contributed by atoms with Gasteiger partial charge in [-0.05, 0) is 60.2 Å². The smallest absolute Gasteiger partial charge is 0.335 e. The molecule has 1 aliphatic heterocycles. The molecule has 3 aromatic rings. The zero-order valence-electron chi connectivity index (χ0n) is 20.5. The molecule has 0 radical (unpaired) electrons. The van der Waals surface area contributed by atoms with Gasteiger partial charge in [0, 0.05) is 17.1 Å². The first-order valence-electron chi connectivity index (χ1n) is 11.4. The van der Waals surface area contributed by atoms with Gasteiger partial charge in [-0.2, -0.15) is 0 Å². The lowest BCUT2D eigenvalue weighted by Gasteiger charge is -2.32. The summed E-state index contributed by atoms with van der Waals surface area (Å²) in [5.74, 6) is -0.730. The largest absolute Gasteiger partial charge is 0.493 e. The summed E-state index contributed by atoms with van der Waals surface area (Å²) in [5, 5.41) is 12.1. The van der Waals surface area contributed by atoms with Crippen molar-refractivity contribution in [2.45, 2.75) is 18.2 Å². The molecule has 2 N–H and O–H groups in total. The monoisotopic (exact) mass is 553 g/mol. The van der Waals surface area contributed by atoms with Crippen LogP contribution in [0.25, 0.3) is 0 Å². The number of methoxy groups -OCH3 is 2. The molecular weight excluding hydrogens is 530 g/mol. The summed E-state index contributed by atoms with van der Waals surface area (Å²) in [7, 11) is 3.08. The van der Waals surface area contributed by atoms with Crippen molar-refractivity contribution in [3.05, 3.63) is 82.9 Å². The van der Waals surface area contributed by atoms with Crippen LogP contribution in [0.3, 0.4) is 0 Å². The third-order valence-corrected chi connectivity index (χ3v) is 7.09. The average Bonchev–Trinajstić information content (AvgIpc) is 2.91. The maximum Gasteiger partial charge on any atom is 0.335 e. The molecule has 1 fully saturated rings. The number of rotatable bonds is 8. The molecule has 0 spiro atoms. The van der Waals surface area contributed by atoms with E-state index in [2.05, 4.69) is 10.3 Å². The minimum Gasteiger partial charge on any atom is -0.493 e. The number of carbonyl (C=O) groups is 3. The predicted octanol–water partition coefficient (Wildman–Crippen LogP) is 5.22. The van der Waals surface area contributed by atoms with Gasteiger partial charge >= 0.3 is 5.97 Å². The van der Waals surface area contributed by atoms with Crippen molar-refractivity contribution >= 4 is 57.7 Å². The maximum absolute atomic E-state index is 13.3. The molecule has 9 nitrogen and oxygen atoms in total. The zero-order valence-corrected chi connectivity index (χ0v) is 22.1. The summed E-state index contributed by atoms with van der Waals surface area (Å²) in [6.45, 7) is 0.202. The van der Waals surface area contributed by atoms with E-state index in [1.54, 1.807) is 49.6 Å². The van der Waals surface area contributed by atoms with Crippen molar-refractivity contribution in [3.8, 4) is 11.5 Å². The van der Waals surface area contributed by atoms with E-state index in [4.69, 9.17) is 21.1 Å². The van der Waals surface area contributed by atoms with Crippen molar-refractivity contribution in [2.24, 2.45) is 4.99 Å². The van der Waals surface area contributed by atoms with E-state index in [-0.39, 0.29) is 24.4 Å². The van der Waals surface area contributed by atoms with Crippen molar-refractivity contribution in [3.63, 3.8) is 0 Å². The standard InChI is InChI=1S/C27H24ClN3O6S/c1-36-21-11-6-16(12-22(21)37-2)15-31-24(32)14-23(38-27(31)30-19-9-7-18(28)8-10-19)25(33)29-20-5-3-4-17(13-20)26(34)35/h3-13,23H,14-15H2,1-2H3,(H,29,33)(H,34,35). The van der Waals surface area contributed by atoms with Gasteiger partial charge in [-0.25, -0.2) is 9.79 Å². The molecular formula is C27H24ClN3O6S. The highest BCUT2D eigenvalue weighted by molar-refractivity contribution is 8.15. The molecule has 1 unspecified atom stereocenters. The number of thioether (sulfide) groups is 1. The summed E-state index contributed by atoms with van der Waals surface area (Å²) in [6.07, 6.45) is -0.0674. The first-order valence-corrected chi connectivity index (χ1v) is 12.7. The number of anilines is 1. The second-order valence-corrected chi connectivity index (χ2v) is 9.83. The van der Waals surface area contributed by atoms with Crippen LogP contribution in [0.5, 0.6) is 11.5 Å². The molecule has 1 heterocycles. The number of ether oxygens (including phenoxy) is 2. The van der Waals surface area contributed by atoms with E-state index in [0.717, 1.165) is 17.3 Å². The molecule has 0 saturated carbocycles. The quantitative estimate of drug-likeness (QED) is 0.393. The van der Waals surface area contributed by atoms with Gasteiger partial charge in [-0.1, -0.05) is 35.5 Å². The number of nitrogens with one attached hydrogen (secondary N) is 1. The fraction of sp³-hybridized carbons (Fsp3) is 0.185. The van der Waals surface area contributed by atoms with Crippen LogP contribution >= 0.6 is 23.4 Å². The van der Waals surface area contributed by atoms with E-state index < -0.39 is 17.1 Å². The number of hydrogen-bond acceptors (Lipinski definition) is 7. The summed E-state index contributed by atoms with van der Waals surface area (Å²) < 4.78 is 10.7. The Balaban J connectivity index is 1.61. The summed E-state index contributed by atoms with van der Waals surface area (Å²) in [4.78, 5) is 43.9. The lowest BCUT2D eigenvalue weighted by molar-refractivity contribution is -0.129. The number of aliphatic imine (C=N–C) groups is 1. The number of carboxylic acids is 1. The Kier molecular flexibility index (Phi) is 8.55. The van der Waals surface area contributed by atoms with Crippen molar-refractivity contribution in [1.82, 2.24) is 4.90 Å². The Morgan fingerprint density at radius 1 is 1.08 bits per heavy atom. The summed E-state index contributed by atoms with van der Waals surface area (Å²) >= 11 is 7.16. The van der Waals surface area contributed by atoms with E-state index in [9.17, 15) is 19.5 Å². The Hall–Kier alpha value is -4.02. The molecule has 1 atom stereocenters. The second-order valence-electron chi connectivity index (χ2n) is 8.23. The fourth-order valence-corrected chi connectivity index (χ4v) is 4.96. The molecule has 4 rings (SSSR count). The fourth-order valence-electron chi connectivity index (χ4n) is 3.74. The molecule has 1 aliphatic rings. The lowest BCUT2D eigenvalue weighted by Crippen LogP contribution is -2.44. The van der Waals surface area contributed by atoms with Crippen molar-refractivity contribution in [1.29, 1.82) is 0 Å². The van der Waals surface area contributed by atoms with Crippen molar-refractivity contribution in [2.75, 3.05) is 19.5 Å². The van der Waals surface area contributed by atoms with Crippen LogP contribution in [-0.4, -0.2) is 52.4 Å². The highest BCUT2D eigenvalue weighted by Crippen LogP contribution is 2.33. The van der Waals surface area contributed by atoms with Gasteiger partial charge in [0.25, 0.3) is 0 Å². The van der Waals surface area contributed by atoms with Gasteiger partial charge in [0.15, 0.2) is 16.7 Å². The number of nitrogens with zero attached hydrogens (tertiary/aromatic N) is 2. The molecule has 0 bridgehead atoms. The third kappa shape index (κ3) is 6.45. The van der Waals surface area contributed by atoms with Crippen LogP contribution in [0.2, 0.25) is 5.02 Å². The van der Waals surface area contributed by atoms with E-state index >= 15 is 0 Å². The van der Waals surface area contributed by atoms with E-state index in [1.807, 2.05) is 6.07 Å². The number of halogens is 1. The average molecular weight is 554 g/mol. The van der Waals surface area contributed by atoms with E-state index in [1.165, 1.54) is 30.2 Å². The van der Waals surface area contributed by atoms with Crippen LogP contribution in [-0.2, 0) is 16.1 Å². The molecule has 0 aliphatic carbocycles. The SMILES string of the molecule is COc1ccc(CN2C(=O)CC(C(=O)Nc3cccc(C(=O)O)c3)SC2=Nc2ccc(Cl)cc2)cc1OC. The number of carbonyl (C=O) groups excluding carboxylic acids is 2. The van der Waals surface area contributed by atoms with Gasteiger partial charge in [0.2, 0.25) is 11.8 Å². The van der Waals surface area contributed by atoms with Gasteiger partial charge in [-0.3, -0.25) is 14.5 Å². The summed E-state index contributed by atoms with van der Waals surface area (Å²) in [6, 6.07) is 18.1. The van der Waals surface area contributed by atoms with Crippen LogP contribution in [0.4, 0.5) is 11.4 Å². The molecule has 196 valence electrons. The topological polar surface area (TPSA) is 118 Å². The molecule has 11 heteroatoms. The van der Waals surface area contributed by atoms with Crippen LogP contribution < -0.4 is 14.8 Å². The number of benzene rings is 3. The summed E-state index contributed by atoms with van der Waals surface area (Å²) in [5.41, 5.74) is 1.72. The molecule has 0 aromatic heterocycles. The molecule has 2 amide bonds. The minimum absolute atomic E-state index is 0.0428. The van der Waals surface area contributed by atoms with E-state index in [0.29, 0.717) is 33.1 Å². The third-order valence-electron chi connectivity index (χ3n) is 5.65. The van der Waals surface area contributed by atoms with Gasteiger partial charge in [0.1, 0.15) is 5.25 Å². The lowest BCUT2D eigenvalue weighted by atomic mass is 10.1. The van der Waals surface area contributed by atoms with Crippen LogP contribution in [0.1, 0.15) is 22.3 Å². The Labute approximate surface area is 228 Å². The Morgan fingerprint density at radius 2 is 1.82 bits per heavy atom. The molecule has 3 aromatic carbocycles. The number of amidine groups is 1. The van der Waals surface area contributed by atoms with Crippen LogP contribution in [0.15, 0.2) is 71.7 Å². The molecule has 38 heavy (non-hydrogen) atoms. The first kappa shape index (κ1) is 27.0. The highest BCUT2D eigenvalue weighted by Gasteiger charge is 2.36. The number of hydrogen-bond donors (Lipinski definition) is 2. The number of amides is 2. The second kappa shape index (κ2) is 12.0. The zero-order chi connectivity index (χ0) is 27.2. The Bertz CT molecular complexity index is 1400. The minimum atomic E-state index is -1.11. The van der Waals surface area contributed by atoms with Gasteiger partial charge in [0.05, 0.1) is 32.0 Å². The highest BCUT2D eigenvalue weighted by atomic mass is 35.5. The number of aromatic carboxylic acids is 1. The van der Waals surface area contributed by atoms with Crippen molar-refractivity contribution < 1.29 is 29.0 Å². The number of carboxylic acid groups (broad SMARTS) is 1. The Morgan fingerprint density at radius 3 is 2.50 bits per heavy atom. The maximum atomic E-state index is 13.3. The first-order chi connectivity index (χ1) is 18.3. The predicted molar refractivity (Wildman–Crippen MR) is 147 cm³/mol. The van der Waals surface area contributed by atoms with Gasteiger partial charge < -0.3 is 19.9 Å². The molecule has 1 saturated heterocycles. The normalized spacial score (nSPS) is 16.3. The van der Waals surface area contributed by atoms with Gasteiger partial charge in [-0.15, -0.1) is 0 Å².